The van der Waals surface area contributed by atoms with Crippen LogP contribution >= 0.6 is 0 Å². The fourth-order valence-electron chi connectivity index (χ4n) is 6.90. The van der Waals surface area contributed by atoms with Crippen LogP contribution in [0, 0.1) is 23.7 Å². The van der Waals surface area contributed by atoms with E-state index in [0.29, 0.717) is 0 Å². The second-order valence-corrected chi connectivity index (χ2v) is 10.9. The summed E-state index contributed by atoms with van der Waals surface area (Å²) in [6.45, 7) is 2.86. The van der Waals surface area contributed by atoms with E-state index in [-0.39, 0.29) is 16.8 Å². The Hall–Kier alpha value is -0.130. The average molecular weight is 340 g/mol. The molecule has 6 rings (SSSR count). The number of rotatable bonds is 2. The molecule has 2 saturated heterocycles. The van der Waals surface area contributed by atoms with Crippen LogP contribution in [-0.4, -0.2) is 43.8 Å². The fraction of sp³-hybridized carbons (Fsp3) is 1.00. The molecule has 0 amide bonds. The number of hydrogen-bond acceptors (Lipinski definition) is 4. The van der Waals surface area contributed by atoms with Crippen molar-refractivity contribution in [1.82, 2.24) is 4.90 Å². The van der Waals surface area contributed by atoms with Gasteiger partial charge in [-0.05, 0) is 82.2 Å². The highest BCUT2D eigenvalue weighted by molar-refractivity contribution is 7.87. The van der Waals surface area contributed by atoms with Crippen LogP contribution in [0.4, 0.5) is 0 Å². The van der Waals surface area contributed by atoms with Gasteiger partial charge in [0.05, 0.1) is 5.60 Å². The minimum Gasteiger partial charge on any atom is -0.302 e. The molecule has 0 aromatic heterocycles. The lowest BCUT2D eigenvalue weighted by Crippen LogP contribution is -2.46. The molecule has 0 N–H and O–H groups in total. The van der Waals surface area contributed by atoms with Crippen LogP contribution in [0.5, 0.6) is 0 Å². The maximum absolute atomic E-state index is 12.9. The lowest BCUT2D eigenvalue weighted by molar-refractivity contribution is -0.0277. The Morgan fingerprint density at radius 3 is 2.26 bits per heavy atom. The molecule has 4 nitrogen and oxygen atoms in total. The van der Waals surface area contributed by atoms with Crippen LogP contribution in [0.3, 0.4) is 0 Å². The van der Waals surface area contributed by atoms with Gasteiger partial charge in [0.2, 0.25) is 0 Å². The minimum atomic E-state index is -3.39. The second kappa shape index (κ2) is 5.18. The van der Waals surface area contributed by atoms with Gasteiger partial charge in [0, 0.05) is 12.5 Å². The normalized spacial score (nSPS) is 51.6. The summed E-state index contributed by atoms with van der Waals surface area (Å²) in [5, 5.41) is -0.265. The third-order valence-electron chi connectivity index (χ3n) is 7.52. The van der Waals surface area contributed by atoms with Crippen LogP contribution < -0.4 is 0 Å². The van der Waals surface area contributed by atoms with Crippen LogP contribution in [0.25, 0.3) is 0 Å². The molecule has 2 unspecified atom stereocenters. The first kappa shape index (κ1) is 15.2. The highest BCUT2D eigenvalue weighted by Gasteiger charge is 2.64. The largest absolute Gasteiger partial charge is 0.302 e. The lowest BCUT2D eigenvalue weighted by atomic mass is 9.65. The summed E-state index contributed by atoms with van der Waals surface area (Å²) < 4.78 is 31.8. The van der Waals surface area contributed by atoms with E-state index in [4.69, 9.17) is 4.18 Å². The van der Waals surface area contributed by atoms with Crippen molar-refractivity contribution < 1.29 is 12.6 Å². The maximum atomic E-state index is 12.9. The van der Waals surface area contributed by atoms with E-state index in [0.717, 1.165) is 56.7 Å². The third-order valence-corrected chi connectivity index (χ3v) is 9.30. The summed E-state index contributed by atoms with van der Waals surface area (Å²) in [4.78, 5) is 2.39. The quantitative estimate of drug-likeness (QED) is 0.726. The van der Waals surface area contributed by atoms with Crippen LogP contribution in [0.1, 0.15) is 57.8 Å². The molecule has 1 spiro atoms. The first-order chi connectivity index (χ1) is 11.0. The Morgan fingerprint density at radius 2 is 1.57 bits per heavy atom. The topological polar surface area (TPSA) is 46.6 Å². The van der Waals surface area contributed by atoms with Gasteiger partial charge >= 0.3 is 0 Å². The Bertz CT molecular complexity index is 569. The fourth-order valence-corrected chi connectivity index (χ4v) is 8.90. The molecular weight excluding hydrogens is 310 g/mol. The molecule has 130 valence electrons. The molecule has 6 fully saturated rings. The SMILES string of the molecule is O=S1(=O)OC23CC4CC(CC(C4)C2)C[C@H]3[C@@H]1CN1CCCCC1. The van der Waals surface area contributed by atoms with Crippen molar-refractivity contribution >= 4 is 10.1 Å². The predicted molar refractivity (Wildman–Crippen MR) is 88.5 cm³/mol. The van der Waals surface area contributed by atoms with Crippen molar-refractivity contribution in [3.05, 3.63) is 0 Å². The van der Waals surface area contributed by atoms with Gasteiger partial charge in [-0.25, -0.2) is 0 Å². The van der Waals surface area contributed by atoms with E-state index in [9.17, 15) is 8.42 Å². The van der Waals surface area contributed by atoms with Crippen LogP contribution in [0.15, 0.2) is 0 Å². The lowest BCUT2D eigenvalue weighted by Gasteiger charge is -2.43. The standard InChI is InChI=1S/C18H29NO3S/c20-23(21)17(12-19-4-2-1-3-5-19)16-9-13-6-14-8-15(7-13)11-18(16,10-14)22-23/h13-17H,1-12H2/t13?,14?,15?,16-,17-,18?/m0/s1. The summed E-state index contributed by atoms with van der Waals surface area (Å²) in [6.07, 6.45) is 10.8. The molecule has 0 radical (unpaired) electrons. The summed E-state index contributed by atoms with van der Waals surface area (Å²) in [6, 6.07) is 0. The molecule has 0 aromatic rings. The molecule has 6 aliphatic rings. The minimum absolute atomic E-state index is 0.259. The maximum Gasteiger partial charge on any atom is 0.272 e. The Balaban J connectivity index is 1.47. The van der Waals surface area contributed by atoms with Crippen molar-refractivity contribution in [2.24, 2.45) is 23.7 Å². The molecule has 4 bridgehead atoms. The first-order valence-corrected chi connectivity index (χ1v) is 11.2. The van der Waals surface area contributed by atoms with E-state index >= 15 is 0 Å². The zero-order valence-electron chi connectivity index (χ0n) is 14.0. The smallest absolute Gasteiger partial charge is 0.272 e. The second-order valence-electron chi connectivity index (χ2n) is 9.10. The molecule has 4 atom stereocenters. The molecule has 5 heteroatoms. The van der Waals surface area contributed by atoms with Gasteiger partial charge in [-0.2, -0.15) is 8.42 Å². The summed E-state index contributed by atoms with van der Waals surface area (Å²) in [5.41, 5.74) is -0.321. The van der Waals surface area contributed by atoms with Crippen molar-refractivity contribution in [2.45, 2.75) is 68.6 Å². The van der Waals surface area contributed by atoms with Gasteiger partial charge in [0.25, 0.3) is 10.1 Å². The number of piperidine rings is 1. The summed E-state index contributed by atoms with van der Waals surface area (Å²) >= 11 is 0. The first-order valence-electron chi connectivity index (χ1n) is 9.71. The average Bonchev–Trinajstić information content (AvgIpc) is 2.58. The Morgan fingerprint density at radius 1 is 0.913 bits per heavy atom. The van der Waals surface area contributed by atoms with Gasteiger partial charge in [-0.15, -0.1) is 0 Å². The molecule has 4 saturated carbocycles. The van der Waals surface area contributed by atoms with Gasteiger partial charge < -0.3 is 4.90 Å². The van der Waals surface area contributed by atoms with Gasteiger partial charge in [-0.1, -0.05) is 6.42 Å². The van der Waals surface area contributed by atoms with Gasteiger partial charge in [0.1, 0.15) is 5.25 Å². The Kier molecular flexibility index (Phi) is 3.41. The van der Waals surface area contributed by atoms with Crippen molar-refractivity contribution in [3.8, 4) is 0 Å². The van der Waals surface area contributed by atoms with E-state index in [1.807, 2.05) is 0 Å². The molecular formula is C18H29NO3S. The van der Waals surface area contributed by atoms with Crippen molar-refractivity contribution in [2.75, 3.05) is 19.6 Å². The van der Waals surface area contributed by atoms with E-state index in [1.165, 1.54) is 38.5 Å². The highest BCUT2D eigenvalue weighted by atomic mass is 32.2. The molecule has 4 aliphatic carbocycles. The third kappa shape index (κ3) is 2.41. The van der Waals surface area contributed by atoms with E-state index in [1.54, 1.807) is 0 Å². The summed E-state index contributed by atoms with van der Waals surface area (Å²) in [7, 11) is -3.39. The molecule has 0 aromatic carbocycles. The molecule has 2 aliphatic heterocycles. The number of likely N-dealkylation sites (tertiary alicyclic amines) is 1. The van der Waals surface area contributed by atoms with E-state index < -0.39 is 10.1 Å². The Labute approximate surface area is 140 Å². The zero-order chi connectivity index (χ0) is 15.7. The number of nitrogens with zero attached hydrogens (tertiary/aromatic N) is 1. The molecule has 2 heterocycles. The summed E-state index contributed by atoms with van der Waals surface area (Å²) in [5.74, 6) is 2.46. The monoisotopic (exact) mass is 339 g/mol. The van der Waals surface area contributed by atoms with Crippen molar-refractivity contribution in [3.63, 3.8) is 0 Å². The van der Waals surface area contributed by atoms with E-state index in [2.05, 4.69) is 4.90 Å². The zero-order valence-corrected chi connectivity index (χ0v) is 14.8. The van der Waals surface area contributed by atoms with Crippen LogP contribution in [-0.2, 0) is 14.3 Å². The van der Waals surface area contributed by atoms with Gasteiger partial charge in [-0.3, -0.25) is 4.18 Å². The van der Waals surface area contributed by atoms with Gasteiger partial charge in [0.15, 0.2) is 0 Å². The highest BCUT2D eigenvalue weighted by Crippen LogP contribution is 2.61. The number of hydrogen-bond donors (Lipinski definition) is 0. The predicted octanol–water partition coefficient (Wildman–Crippen LogP) is 2.79. The van der Waals surface area contributed by atoms with Crippen molar-refractivity contribution in [1.29, 1.82) is 0 Å². The van der Waals surface area contributed by atoms with Crippen LogP contribution in [0.2, 0.25) is 0 Å². The molecule has 23 heavy (non-hydrogen) atoms.